The minimum absolute atomic E-state index is 0.0906. The lowest BCUT2D eigenvalue weighted by Gasteiger charge is -2.22. The minimum Gasteiger partial charge on any atom is -0.308 e. The molecule has 0 amide bonds. The van der Waals surface area contributed by atoms with E-state index in [0.717, 1.165) is 33.1 Å². The van der Waals surface area contributed by atoms with Crippen LogP contribution in [-0.4, -0.2) is 9.13 Å². The van der Waals surface area contributed by atoms with Crippen molar-refractivity contribution in [1.82, 2.24) is 9.13 Å². The van der Waals surface area contributed by atoms with Crippen LogP contribution in [0.4, 0.5) is 35.9 Å². The molecule has 0 bridgehead atoms. The first-order valence-corrected chi connectivity index (χ1v) is 20.2. The van der Waals surface area contributed by atoms with Gasteiger partial charge >= 0.3 is 6.18 Å². The van der Waals surface area contributed by atoms with Crippen molar-refractivity contribution in [3.8, 4) is 56.9 Å². The van der Waals surface area contributed by atoms with E-state index < -0.39 is 17.3 Å². The van der Waals surface area contributed by atoms with Gasteiger partial charge < -0.3 is 9.13 Å². The van der Waals surface area contributed by atoms with Crippen molar-refractivity contribution >= 4 is 66.4 Å². The van der Waals surface area contributed by atoms with Crippen LogP contribution in [0.1, 0.15) is 16.7 Å². The summed E-state index contributed by atoms with van der Waals surface area (Å²) in [6, 6.07) is 47.4. The molecule has 0 saturated heterocycles. The number of fused-ring (bicyclic) bond motifs is 6. The van der Waals surface area contributed by atoms with Crippen LogP contribution in [0.3, 0.4) is 0 Å². The topological polar surface area (TPSA) is 74.9 Å². The fourth-order valence-electron chi connectivity index (χ4n) is 9.05. The average Bonchev–Trinajstić information content (AvgIpc) is 3.86. The predicted molar refractivity (Wildman–Crippen MR) is 251 cm³/mol. The van der Waals surface area contributed by atoms with Crippen molar-refractivity contribution in [3.63, 3.8) is 0 Å². The molecule has 10 aromatic rings. The van der Waals surface area contributed by atoms with Crippen molar-refractivity contribution in [2.45, 2.75) is 6.18 Å². The number of aromatic nitrogens is 2. The Kier molecular flexibility index (Phi) is 9.41. The molecule has 306 valence electrons. The maximum atomic E-state index is 15.1. The Morgan fingerprint density at radius 1 is 0.455 bits per heavy atom. The first kappa shape index (κ1) is 40.2. The van der Waals surface area contributed by atoms with Gasteiger partial charge in [-0.05, 0) is 88.0 Å². The third-order valence-corrected chi connectivity index (χ3v) is 11.9. The van der Waals surface area contributed by atoms with Crippen LogP contribution in [0.2, 0.25) is 0 Å². The number of hydrogen-bond acceptors (Lipinski definition) is 2. The van der Waals surface area contributed by atoms with Gasteiger partial charge in [0.15, 0.2) is 22.7 Å². The molecule has 0 saturated carbocycles. The summed E-state index contributed by atoms with van der Waals surface area (Å²) in [5, 5.41) is 23.1. The summed E-state index contributed by atoms with van der Waals surface area (Å²) in [6.07, 6.45) is -4.88. The van der Waals surface area contributed by atoms with E-state index in [4.69, 9.17) is 26.3 Å². The highest BCUT2D eigenvalue weighted by atomic mass is 19.4. The summed E-state index contributed by atoms with van der Waals surface area (Å²) in [7, 11) is 0. The van der Waals surface area contributed by atoms with Gasteiger partial charge in [0, 0.05) is 32.7 Å². The third-order valence-electron chi connectivity index (χ3n) is 11.9. The van der Waals surface area contributed by atoms with E-state index in [2.05, 4.69) is 31.5 Å². The highest BCUT2D eigenvalue weighted by Crippen LogP contribution is 2.49. The number of nitrogens with zero attached hydrogens (tertiary/aromatic N) is 8. The number of rotatable bonds is 5. The van der Waals surface area contributed by atoms with E-state index in [9.17, 15) is 10.5 Å². The molecular formula is C55H25F3N8. The molecule has 8 aromatic carbocycles. The summed E-state index contributed by atoms with van der Waals surface area (Å²) in [4.78, 5) is 14.6. The number of nitriles is 2. The summed E-state index contributed by atoms with van der Waals surface area (Å²) in [5.41, 5.74) is 5.23. The molecule has 0 aliphatic heterocycles. The van der Waals surface area contributed by atoms with Crippen molar-refractivity contribution in [2.75, 3.05) is 0 Å². The molecule has 0 aliphatic carbocycles. The maximum Gasteiger partial charge on any atom is 0.415 e. The Hall–Kier alpha value is -9.91. The fraction of sp³-hybridized carbons (Fsp3) is 0.0182. The molecule has 0 radical (unpaired) electrons. The van der Waals surface area contributed by atoms with Gasteiger partial charge in [0.25, 0.3) is 0 Å². The number of para-hydroxylation sites is 2. The minimum atomic E-state index is -4.88. The molecule has 0 spiro atoms. The van der Waals surface area contributed by atoms with Gasteiger partial charge in [-0.1, -0.05) is 97.1 Å². The monoisotopic (exact) mass is 854 g/mol. The summed E-state index contributed by atoms with van der Waals surface area (Å²) >= 11 is 0. The van der Waals surface area contributed by atoms with E-state index in [0.29, 0.717) is 67.0 Å². The highest BCUT2D eigenvalue weighted by Gasteiger charge is 2.36. The van der Waals surface area contributed by atoms with Crippen LogP contribution >= 0.6 is 0 Å². The van der Waals surface area contributed by atoms with E-state index >= 15 is 13.2 Å². The van der Waals surface area contributed by atoms with Gasteiger partial charge in [0.05, 0.1) is 77.4 Å². The third kappa shape index (κ3) is 6.26. The summed E-state index contributed by atoms with van der Waals surface area (Å²) in [6.45, 7) is 32.0. The van der Waals surface area contributed by atoms with Gasteiger partial charge in [0.1, 0.15) is 0 Å². The number of alkyl halides is 3. The second kappa shape index (κ2) is 15.5. The molecule has 66 heavy (non-hydrogen) atoms. The van der Waals surface area contributed by atoms with Crippen LogP contribution in [0.5, 0.6) is 0 Å². The SMILES string of the molecule is [C-]#[N+]c1ccc(-c2ccc3c4ccccc4n(-c4cc([N+]#[C-])c(-c5c([N+]#[C-])cccc5C(F)(F)F)cc4-n4c5ccccc5c5ccc(-c6ccc(C#N)cc6[N+]#[C-])cc54)c3c2)c(C#N)c1. The molecule has 0 N–H and O–H groups in total. The zero-order valence-electron chi connectivity index (χ0n) is 34.1. The van der Waals surface area contributed by atoms with Gasteiger partial charge in [-0.2, -0.15) is 23.7 Å². The Labute approximate surface area is 375 Å². The molecule has 10 rings (SSSR count). The summed E-state index contributed by atoms with van der Waals surface area (Å²) in [5.74, 6) is 0. The largest absolute Gasteiger partial charge is 0.415 e. The average molecular weight is 855 g/mol. The number of halogens is 3. The standard InChI is InChI=1S/C55H25F3N8/c1-61-36-19-23-37(35(25-36)31-60)33-17-21-41-40-11-6-8-15-49(40)66(50(41)26-33)53-29-47(64-4)43(54-44(55(56,57)58)12-9-13-45(54)62-2)28-52(53)65-48-14-7-5-10-39(48)42-22-18-34(27-51(42)65)38-20-16-32(30-59)24-46(38)63-3/h5-29H. The van der Waals surface area contributed by atoms with E-state index in [1.807, 2.05) is 94.1 Å². The Morgan fingerprint density at radius 3 is 1.59 bits per heavy atom. The Bertz CT molecular complexity index is 4020. The first-order valence-electron chi connectivity index (χ1n) is 20.2. The maximum absolute atomic E-state index is 15.1. The molecule has 0 unspecified atom stereocenters. The van der Waals surface area contributed by atoms with E-state index in [1.165, 1.54) is 24.3 Å². The van der Waals surface area contributed by atoms with Gasteiger partial charge in [-0.25, -0.2) is 19.4 Å². The molecule has 0 aliphatic rings. The van der Waals surface area contributed by atoms with Gasteiger partial charge in [-0.15, -0.1) is 0 Å². The second-order valence-electron chi connectivity index (χ2n) is 15.4. The van der Waals surface area contributed by atoms with Crippen molar-refractivity contribution in [2.24, 2.45) is 0 Å². The van der Waals surface area contributed by atoms with Crippen molar-refractivity contribution in [3.05, 3.63) is 214 Å². The lowest BCUT2D eigenvalue weighted by Crippen LogP contribution is -2.08. The van der Waals surface area contributed by atoms with E-state index in [-0.39, 0.29) is 22.6 Å². The second-order valence-corrected chi connectivity index (χ2v) is 15.4. The first-order chi connectivity index (χ1) is 32.1. The lowest BCUT2D eigenvalue weighted by molar-refractivity contribution is -0.137. The van der Waals surface area contributed by atoms with Crippen LogP contribution in [0.25, 0.3) is 108 Å². The van der Waals surface area contributed by atoms with Crippen LogP contribution in [0, 0.1) is 49.0 Å². The highest BCUT2D eigenvalue weighted by molar-refractivity contribution is 6.13. The smallest absolute Gasteiger partial charge is 0.308 e. The normalized spacial score (nSPS) is 11.2. The zero-order chi connectivity index (χ0) is 45.9. The Balaban J connectivity index is 1.39. The van der Waals surface area contributed by atoms with Crippen LogP contribution in [-0.2, 0) is 6.18 Å². The lowest BCUT2D eigenvalue weighted by atomic mass is 9.94. The molecule has 2 aromatic heterocycles. The molecule has 0 fully saturated rings. The van der Waals surface area contributed by atoms with Crippen LogP contribution < -0.4 is 0 Å². The molecule has 0 atom stereocenters. The number of hydrogen-bond donors (Lipinski definition) is 0. The summed E-state index contributed by atoms with van der Waals surface area (Å²) < 4.78 is 49.1. The van der Waals surface area contributed by atoms with Gasteiger partial charge in [0.2, 0.25) is 0 Å². The van der Waals surface area contributed by atoms with Crippen molar-refractivity contribution in [1.29, 1.82) is 10.5 Å². The van der Waals surface area contributed by atoms with Gasteiger partial charge in [-0.3, -0.25) is 0 Å². The van der Waals surface area contributed by atoms with E-state index in [1.54, 1.807) is 36.4 Å². The molecule has 8 nitrogen and oxygen atoms in total. The fourth-order valence-corrected chi connectivity index (χ4v) is 9.05. The quantitative estimate of drug-likeness (QED) is 0.162. The predicted octanol–water partition coefficient (Wildman–Crippen LogP) is 15.8. The molecular weight excluding hydrogens is 830 g/mol. The van der Waals surface area contributed by atoms with Crippen LogP contribution in [0.15, 0.2) is 152 Å². The molecule has 2 heterocycles. The number of benzene rings is 8. The zero-order valence-corrected chi connectivity index (χ0v) is 34.1. The molecule has 11 heteroatoms. The Morgan fingerprint density at radius 2 is 1.02 bits per heavy atom. The van der Waals surface area contributed by atoms with Crippen molar-refractivity contribution < 1.29 is 13.2 Å².